The van der Waals surface area contributed by atoms with E-state index in [9.17, 15) is 4.39 Å². The Bertz CT molecular complexity index is 311. The molecule has 1 fully saturated rings. The fraction of sp³-hybridized carbons (Fsp3) is 0.647. The molecule has 0 aromatic heterocycles. The largest absolute Gasteiger partial charge is 0.207 e. The van der Waals surface area contributed by atoms with Crippen molar-refractivity contribution in [2.75, 3.05) is 0 Å². The van der Waals surface area contributed by atoms with Crippen LogP contribution in [0.5, 0.6) is 0 Å². The van der Waals surface area contributed by atoms with Crippen LogP contribution in [0.3, 0.4) is 0 Å². The van der Waals surface area contributed by atoms with E-state index in [1.165, 1.54) is 43.7 Å². The summed E-state index contributed by atoms with van der Waals surface area (Å²) in [5, 5.41) is 0. The van der Waals surface area contributed by atoms with Gasteiger partial charge in [0.25, 0.3) is 0 Å². The summed E-state index contributed by atoms with van der Waals surface area (Å²) in [5.74, 6) is -0.103. The SMILES string of the molecule is CC.CC.CC1(c2cccc(F)c2)CCCCC1. The van der Waals surface area contributed by atoms with E-state index in [2.05, 4.69) is 13.0 Å². The zero-order valence-corrected chi connectivity index (χ0v) is 12.7. The van der Waals surface area contributed by atoms with Crippen molar-refractivity contribution in [3.8, 4) is 0 Å². The Morgan fingerprint density at radius 3 is 2.00 bits per heavy atom. The molecular weight excluding hydrogens is 223 g/mol. The number of hydrogen-bond donors (Lipinski definition) is 0. The van der Waals surface area contributed by atoms with Crippen LogP contribution < -0.4 is 0 Å². The summed E-state index contributed by atoms with van der Waals surface area (Å²) in [6.45, 7) is 10.3. The molecule has 1 saturated carbocycles. The minimum absolute atomic E-state index is 0.103. The summed E-state index contributed by atoms with van der Waals surface area (Å²) in [5.41, 5.74) is 1.40. The Kier molecular flexibility index (Phi) is 8.70. The second-order valence-electron chi connectivity index (χ2n) is 4.63. The van der Waals surface area contributed by atoms with Crippen molar-refractivity contribution in [3.05, 3.63) is 35.6 Å². The fourth-order valence-corrected chi connectivity index (χ4v) is 2.48. The van der Waals surface area contributed by atoms with Crippen molar-refractivity contribution < 1.29 is 4.39 Å². The Hall–Kier alpha value is -0.850. The van der Waals surface area contributed by atoms with Crippen molar-refractivity contribution in [2.45, 2.75) is 72.1 Å². The zero-order valence-electron chi connectivity index (χ0n) is 12.7. The Balaban J connectivity index is 0.000000659. The minimum atomic E-state index is -0.103. The molecule has 18 heavy (non-hydrogen) atoms. The fourth-order valence-electron chi connectivity index (χ4n) is 2.48. The first-order valence-corrected chi connectivity index (χ1v) is 7.47. The van der Waals surface area contributed by atoms with E-state index >= 15 is 0 Å². The van der Waals surface area contributed by atoms with Gasteiger partial charge in [0, 0.05) is 0 Å². The molecule has 1 aromatic carbocycles. The van der Waals surface area contributed by atoms with Gasteiger partial charge in [0.15, 0.2) is 0 Å². The summed E-state index contributed by atoms with van der Waals surface area (Å²) in [4.78, 5) is 0. The predicted octanol–water partition coefficient (Wildman–Crippen LogP) is 6.10. The van der Waals surface area contributed by atoms with Crippen molar-refractivity contribution in [2.24, 2.45) is 0 Å². The van der Waals surface area contributed by atoms with Gasteiger partial charge < -0.3 is 0 Å². The second kappa shape index (κ2) is 9.13. The molecule has 104 valence electrons. The Labute approximate surface area is 113 Å². The van der Waals surface area contributed by atoms with E-state index in [1.54, 1.807) is 6.07 Å². The van der Waals surface area contributed by atoms with Crippen molar-refractivity contribution in [1.29, 1.82) is 0 Å². The quantitative estimate of drug-likeness (QED) is 0.566. The highest BCUT2D eigenvalue weighted by molar-refractivity contribution is 5.25. The highest BCUT2D eigenvalue weighted by atomic mass is 19.1. The predicted molar refractivity (Wildman–Crippen MR) is 79.5 cm³/mol. The molecule has 1 aliphatic rings. The first-order chi connectivity index (χ1) is 8.71. The number of rotatable bonds is 1. The molecule has 0 spiro atoms. The molecule has 0 nitrogen and oxygen atoms in total. The number of benzene rings is 1. The monoisotopic (exact) mass is 252 g/mol. The van der Waals surface area contributed by atoms with Gasteiger partial charge in [-0.25, -0.2) is 4.39 Å². The molecule has 1 aliphatic carbocycles. The summed E-state index contributed by atoms with van der Waals surface area (Å²) in [7, 11) is 0. The highest BCUT2D eigenvalue weighted by Gasteiger charge is 2.28. The zero-order chi connectivity index (χ0) is 14.0. The van der Waals surface area contributed by atoms with E-state index < -0.39 is 0 Å². The molecule has 0 N–H and O–H groups in total. The molecule has 0 bridgehead atoms. The van der Waals surface area contributed by atoms with Gasteiger partial charge in [-0.3, -0.25) is 0 Å². The van der Waals surface area contributed by atoms with Crippen LogP contribution in [0.1, 0.15) is 72.3 Å². The van der Waals surface area contributed by atoms with Crippen LogP contribution in [0.4, 0.5) is 4.39 Å². The van der Waals surface area contributed by atoms with Gasteiger partial charge in [-0.15, -0.1) is 0 Å². The summed E-state index contributed by atoms with van der Waals surface area (Å²) >= 11 is 0. The van der Waals surface area contributed by atoms with E-state index in [4.69, 9.17) is 0 Å². The lowest BCUT2D eigenvalue weighted by Crippen LogP contribution is -2.24. The van der Waals surface area contributed by atoms with Crippen LogP contribution in [0, 0.1) is 5.82 Å². The molecule has 0 amide bonds. The van der Waals surface area contributed by atoms with E-state index in [0.717, 1.165) is 0 Å². The van der Waals surface area contributed by atoms with Gasteiger partial charge in [-0.1, -0.05) is 66.0 Å². The smallest absolute Gasteiger partial charge is 0.123 e. The maximum atomic E-state index is 13.1. The minimum Gasteiger partial charge on any atom is -0.207 e. The van der Waals surface area contributed by atoms with Crippen LogP contribution in [-0.2, 0) is 5.41 Å². The van der Waals surface area contributed by atoms with Crippen LogP contribution in [0.2, 0.25) is 0 Å². The molecule has 0 saturated heterocycles. The van der Waals surface area contributed by atoms with E-state index in [0.29, 0.717) is 0 Å². The Morgan fingerprint density at radius 2 is 1.50 bits per heavy atom. The first kappa shape index (κ1) is 17.2. The number of halogens is 1. The summed E-state index contributed by atoms with van der Waals surface area (Å²) in [6, 6.07) is 7.11. The van der Waals surface area contributed by atoms with Crippen LogP contribution >= 0.6 is 0 Å². The van der Waals surface area contributed by atoms with Crippen molar-refractivity contribution in [3.63, 3.8) is 0 Å². The molecule has 0 heterocycles. The molecule has 0 radical (unpaired) electrons. The molecular formula is C17H29F. The van der Waals surface area contributed by atoms with Gasteiger partial charge in [0.1, 0.15) is 5.82 Å². The molecule has 0 atom stereocenters. The second-order valence-corrected chi connectivity index (χ2v) is 4.63. The van der Waals surface area contributed by atoms with Crippen LogP contribution in [0.15, 0.2) is 24.3 Å². The van der Waals surface area contributed by atoms with Gasteiger partial charge in [0.05, 0.1) is 0 Å². The third-order valence-electron chi connectivity index (χ3n) is 3.48. The van der Waals surface area contributed by atoms with Gasteiger partial charge >= 0.3 is 0 Å². The van der Waals surface area contributed by atoms with E-state index in [1.807, 2.05) is 33.8 Å². The molecule has 2 rings (SSSR count). The van der Waals surface area contributed by atoms with Gasteiger partial charge in [-0.05, 0) is 36.0 Å². The van der Waals surface area contributed by atoms with Crippen molar-refractivity contribution in [1.82, 2.24) is 0 Å². The lowest BCUT2D eigenvalue weighted by atomic mass is 9.71. The van der Waals surface area contributed by atoms with Crippen LogP contribution in [0.25, 0.3) is 0 Å². The molecule has 1 heteroatoms. The first-order valence-electron chi connectivity index (χ1n) is 7.47. The topological polar surface area (TPSA) is 0 Å². The summed E-state index contributed by atoms with van der Waals surface area (Å²) in [6.07, 6.45) is 6.32. The average Bonchev–Trinajstić information content (AvgIpc) is 2.44. The average molecular weight is 252 g/mol. The number of hydrogen-bond acceptors (Lipinski definition) is 0. The highest BCUT2D eigenvalue weighted by Crippen LogP contribution is 2.38. The summed E-state index contributed by atoms with van der Waals surface area (Å²) < 4.78 is 13.1. The standard InChI is InChI=1S/C13H17F.2C2H6/c1-13(8-3-2-4-9-13)11-6-5-7-12(14)10-11;2*1-2/h5-7,10H,2-4,8-9H2,1H3;2*1-2H3. The third-order valence-corrected chi connectivity index (χ3v) is 3.48. The maximum Gasteiger partial charge on any atom is 0.123 e. The molecule has 1 aromatic rings. The van der Waals surface area contributed by atoms with Gasteiger partial charge in [0.2, 0.25) is 0 Å². The van der Waals surface area contributed by atoms with E-state index in [-0.39, 0.29) is 11.2 Å². The van der Waals surface area contributed by atoms with Crippen LogP contribution in [-0.4, -0.2) is 0 Å². The molecule has 0 aliphatic heterocycles. The third kappa shape index (κ3) is 4.80. The normalized spacial score (nSPS) is 16.8. The molecule has 0 unspecified atom stereocenters. The maximum absolute atomic E-state index is 13.1. The lowest BCUT2D eigenvalue weighted by molar-refractivity contribution is 0.318. The Morgan fingerprint density at radius 1 is 0.944 bits per heavy atom. The van der Waals surface area contributed by atoms with Crippen molar-refractivity contribution >= 4 is 0 Å². The van der Waals surface area contributed by atoms with Gasteiger partial charge in [-0.2, -0.15) is 0 Å². The lowest BCUT2D eigenvalue weighted by Gasteiger charge is -2.34.